The Bertz CT molecular complexity index is 1420. The molecule has 0 spiro atoms. The summed E-state index contributed by atoms with van der Waals surface area (Å²) in [6.07, 6.45) is 0.693. The molecule has 2 aromatic carbocycles. The van der Waals surface area contributed by atoms with Gasteiger partial charge in [-0.3, -0.25) is 23.3 Å². The SMILES string of the molecule is Cn1c(=O)c2c(nc(Oc3ccc(C=O)cc3)n2Cc2c(F)cccc2Cl)n(C)c1=O. The minimum absolute atomic E-state index is 0.0357. The average molecular weight is 443 g/mol. The normalized spacial score (nSPS) is 11.1. The molecule has 0 unspecified atom stereocenters. The van der Waals surface area contributed by atoms with Crippen LogP contribution in [0.25, 0.3) is 11.2 Å². The summed E-state index contributed by atoms with van der Waals surface area (Å²) in [5.41, 5.74) is -0.434. The Balaban J connectivity index is 1.95. The van der Waals surface area contributed by atoms with Crippen LogP contribution in [0.1, 0.15) is 15.9 Å². The predicted molar refractivity (Wildman–Crippen MR) is 113 cm³/mol. The van der Waals surface area contributed by atoms with Crippen molar-refractivity contribution in [2.45, 2.75) is 6.54 Å². The van der Waals surface area contributed by atoms with E-state index in [0.29, 0.717) is 17.6 Å². The summed E-state index contributed by atoms with van der Waals surface area (Å²) < 4.78 is 23.8. The number of hydrogen-bond acceptors (Lipinski definition) is 5. The van der Waals surface area contributed by atoms with Gasteiger partial charge in [-0.05, 0) is 36.4 Å². The molecule has 0 saturated carbocycles. The number of ether oxygens (including phenoxy) is 1. The van der Waals surface area contributed by atoms with Crippen molar-refractivity contribution in [2.24, 2.45) is 14.1 Å². The Kier molecular flexibility index (Phi) is 5.20. The zero-order chi connectivity index (χ0) is 22.3. The zero-order valence-corrected chi connectivity index (χ0v) is 17.3. The number of aromatic nitrogens is 4. The molecule has 0 N–H and O–H groups in total. The summed E-state index contributed by atoms with van der Waals surface area (Å²) in [5, 5.41) is 0.171. The Hall–Kier alpha value is -3.72. The van der Waals surface area contributed by atoms with Crippen molar-refractivity contribution in [2.75, 3.05) is 0 Å². The molecule has 2 heterocycles. The maximum absolute atomic E-state index is 14.5. The van der Waals surface area contributed by atoms with E-state index in [2.05, 4.69) is 4.98 Å². The molecule has 0 fully saturated rings. The molecule has 0 aliphatic carbocycles. The fourth-order valence-electron chi connectivity index (χ4n) is 3.21. The van der Waals surface area contributed by atoms with E-state index in [1.54, 1.807) is 24.3 Å². The van der Waals surface area contributed by atoms with Crippen LogP contribution >= 0.6 is 11.6 Å². The van der Waals surface area contributed by atoms with Gasteiger partial charge in [-0.25, -0.2) is 9.18 Å². The highest BCUT2D eigenvalue weighted by atomic mass is 35.5. The number of benzene rings is 2. The van der Waals surface area contributed by atoms with Crippen LogP contribution in [0.3, 0.4) is 0 Å². The number of imidazole rings is 1. The van der Waals surface area contributed by atoms with Crippen LogP contribution < -0.4 is 16.0 Å². The third kappa shape index (κ3) is 3.53. The third-order valence-electron chi connectivity index (χ3n) is 4.92. The van der Waals surface area contributed by atoms with Crippen LogP contribution in [-0.2, 0) is 20.6 Å². The van der Waals surface area contributed by atoms with Gasteiger partial charge in [-0.1, -0.05) is 17.7 Å². The van der Waals surface area contributed by atoms with Gasteiger partial charge < -0.3 is 4.74 Å². The van der Waals surface area contributed by atoms with Gasteiger partial charge in [0, 0.05) is 30.2 Å². The maximum Gasteiger partial charge on any atom is 0.332 e. The molecule has 8 nitrogen and oxygen atoms in total. The first-order chi connectivity index (χ1) is 14.8. The molecule has 0 bridgehead atoms. The quantitative estimate of drug-likeness (QED) is 0.443. The molecule has 10 heteroatoms. The molecule has 0 saturated heterocycles. The number of aryl methyl sites for hydroxylation is 1. The number of nitrogens with zero attached hydrogens (tertiary/aromatic N) is 4. The van der Waals surface area contributed by atoms with Gasteiger partial charge in [0.1, 0.15) is 17.9 Å². The van der Waals surface area contributed by atoms with Crippen molar-refractivity contribution in [1.29, 1.82) is 0 Å². The zero-order valence-electron chi connectivity index (χ0n) is 16.5. The van der Waals surface area contributed by atoms with Crippen LogP contribution in [0, 0.1) is 5.82 Å². The molecule has 31 heavy (non-hydrogen) atoms. The molecular weight excluding hydrogens is 427 g/mol. The molecule has 0 amide bonds. The number of carbonyl (C=O) groups excluding carboxylic acids is 1. The van der Waals surface area contributed by atoms with Crippen molar-refractivity contribution < 1.29 is 13.9 Å². The molecular formula is C21H16ClFN4O4. The lowest BCUT2D eigenvalue weighted by Gasteiger charge is -2.12. The number of rotatable bonds is 5. The summed E-state index contributed by atoms with van der Waals surface area (Å²) in [6.45, 7) is -0.156. The van der Waals surface area contributed by atoms with Gasteiger partial charge in [0.2, 0.25) is 0 Å². The first-order valence-corrected chi connectivity index (χ1v) is 9.52. The van der Waals surface area contributed by atoms with E-state index in [0.717, 1.165) is 4.57 Å². The minimum atomic E-state index is -0.607. The largest absolute Gasteiger partial charge is 0.425 e. The highest BCUT2D eigenvalue weighted by molar-refractivity contribution is 6.31. The van der Waals surface area contributed by atoms with Crippen molar-refractivity contribution in [3.63, 3.8) is 0 Å². The van der Waals surface area contributed by atoms with Crippen LogP contribution in [-0.4, -0.2) is 25.0 Å². The van der Waals surface area contributed by atoms with Gasteiger partial charge in [-0.15, -0.1) is 0 Å². The van der Waals surface area contributed by atoms with E-state index in [-0.39, 0.29) is 34.3 Å². The van der Waals surface area contributed by atoms with Gasteiger partial charge in [-0.2, -0.15) is 4.98 Å². The summed E-state index contributed by atoms with van der Waals surface area (Å²) in [5.74, 6) is -0.221. The summed E-state index contributed by atoms with van der Waals surface area (Å²) in [7, 11) is 2.82. The Labute approximate surface area is 179 Å². The summed E-state index contributed by atoms with van der Waals surface area (Å²) >= 11 is 6.18. The summed E-state index contributed by atoms with van der Waals surface area (Å²) in [4.78, 5) is 40.4. The fraction of sp³-hybridized carbons (Fsp3) is 0.143. The molecule has 0 radical (unpaired) electrons. The van der Waals surface area contributed by atoms with E-state index >= 15 is 0 Å². The van der Waals surface area contributed by atoms with E-state index < -0.39 is 17.1 Å². The van der Waals surface area contributed by atoms with Crippen LogP contribution in [0.15, 0.2) is 52.1 Å². The van der Waals surface area contributed by atoms with E-state index in [9.17, 15) is 18.8 Å². The minimum Gasteiger partial charge on any atom is -0.425 e. The highest BCUT2D eigenvalue weighted by Gasteiger charge is 2.22. The molecule has 4 rings (SSSR count). The first kappa shape index (κ1) is 20.5. The molecule has 4 aromatic rings. The number of hydrogen-bond donors (Lipinski definition) is 0. The van der Waals surface area contributed by atoms with Crippen LogP contribution in [0.2, 0.25) is 5.02 Å². The van der Waals surface area contributed by atoms with Crippen molar-refractivity contribution in [3.05, 3.63) is 85.3 Å². The topological polar surface area (TPSA) is 88.1 Å². The number of carbonyl (C=O) groups is 1. The molecule has 0 aliphatic rings. The van der Waals surface area contributed by atoms with E-state index in [1.807, 2.05) is 0 Å². The van der Waals surface area contributed by atoms with Gasteiger partial charge in [0.05, 0.1) is 6.54 Å². The lowest BCUT2D eigenvalue weighted by molar-refractivity contribution is 0.112. The second-order valence-electron chi connectivity index (χ2n) is 6.85. The van der Waals surface area contributed by atoms with Crippen molar-refractivity contribution in [3.8, 4) is 11.8 Å². The fourth-order valence-corrected chi connectivity index (χ4v) is 3.44. The lowest BCUT2D eigenvalue weighted by atomic mass is 10.2. The molecule has 158 valence electrons. The standard InChI is InChI=1S/C21H16ClFN4O4/c1-25-18-17(19(29)26(2)21(25)30)27(10-14-15(22)4-3-5-16(14)23)20(24-18)31-13-8-6-12(11-28)7-9-13/h3-9,11H,10H2,1-2H3. The molecule has 0 atom stereocenters. The van der Waals surface area contributed by atoms with Crippen molar-refractivity contribution in [1.82, 2.24) is 18.7 Å². The van der Waals surface area contributed by atoms with Gasteiger partial charge in [0.15, 0.2) is 11.2 Å². The van der Waals surface area contributed by atoms with E-state index in [4.69, 9.17) is 16.3 Å². The number of aldehydes is 1. The predicted octanol–water partition coefficient (Wildman–Crippen LogP) is 2.88. The lowest BCUT2D eigenvalue weighted by Crippen LogP contribution is -2.37. The van der Waals surface area contributed by atoms with E-state index in [1.165, 1.54) is 41.4 Å². The highest BCUT2D eigenvalue weighted by Crippen LogP contribution is 2.28. The third-order valence-corrected chi connectivity index (χ3v) is 5.27. The first-order valence-electron chi connectivity index (χ1n) is 9.14. The maximum atomic E-state index is 14.5. The number of halogens is 2. The number of fused-ring (bicyclic) bond motifs is 1. The summed E-state index contributed by atoms with van der Waals surface area (Å²) in [6, 6.07) is 10.4. The van der Waals surface area contributed by atoms with Gasteiger partial charge >= 0.3 is 11.7 Å². The Morgan fingerprint density at radius 3 is 2.45 bits per heavy atom. The van der Waals surface area contributed by atoms with Crippen LogP contribution in [0.5, 0.6) is 11.8 Å². The second kappa shape index (κ2) is 7.84. The van der Waals surface area contributed by atoms with Gasteiger partial charge in [0.25, 0.3) is 5.56 Å². The molecule has 2 aromatic heterocycles. The molecule has 0 aliphatic heterocycles. The second-order valence-corrected chi connectivity index (χ2v) is 7.25. The Morgan fingerprint density at radius 1 is 1.10 bits per heavy atom. The monoisotopic (exact) mass is 442 g/mol. The smallest absolute Gasteiger partial charge is 0.332 e. The average Bonchev–Trinajstić information content (AvgIpc) is 3.12. The van der Waals surface area contributed by atoms with Crippen molar-refractivity contribution >= 4 is 29.1 Å². The van der Waals surface area contributed by atoms with Crippen LogP contribution in [0.4, 0.5) is 4.39 Å². The Morgan fingerprint density at radius 2 is 1.81 bits per heavy atom.